The van der Waals surface area contributed by atoms with E-state index in [2.05, 4.69) is 4.98 Å². The Morgan fingerprint density at radius 1 is 0.966 bits per heavy atom. The van der Waals surface area contributed by atoms with Crippen LogP contribution < -0.4 is 0 Å². The van der Waals surface area contributed by atoms with E-state index in [4.69, 9.17) is 8.60 Å². The van der Waals surface area contributed by atoms with Gasteiger partial charge in [-0.05, 0) is 50.2 Å². The molecule has 154 valence electrons. The molecule has 29 heavy (non-hydrogen) atoms. The van der Waals surface area contributed by atoms with Crippen molar-refractivity contribution in [1.82, 2.24) is 4.98 Å². The van der Waals surface area contributed by atoms with E-state index in [-0.39, 0.29) is 0 Å². The molecule has 0 spiro atoms. The molecule has 0 aliphatic heterocycles. The van der Waals surface area contributed by atoms with Gasteiger partial charge in [-0.15, -0.1) is 0 Å². The Kier molecular flexibility index (Phi) is 6.10. The first-order chi connectivity index (χ1) is 13.6. The number of alkyl halides is 3. The minimum absolute atomic E-state index is 0.297. The lowest BCUT2D eigenvalue weighted by atomic mass is 9.89. The van der Waals surface area contributed by atoms with Crippen molar-refractivity contribution in [3.63, 3.8) is 0 Å². The van der Waals surface area contributed by atoms with Gasteiger partial charge in [0, 0.05) is 27.9 Å². The first-order valence-electron chi connectivity index (χ1n) is 9.08. The normalized spacial score (nSPS) is 12.4. The van der Waals surface area contributed by atoms with Gasteiger partial charge in [0.05, 0.1) is 17.9 Å². The van der Waals surface area contributed by atoms with E-state index in [0.29, 0.717) is 23.8 Å². The Morgan fingerprint density at radius 3 is 2.17 bits per heavy atom. The third kappa shape index (κ3) is 5.22. The summed E-state index contributed by atoms with van der Waals surface area (Å²) in [6.45, 7) is 8.20. The van der Waals surface area contributed by atoms with Crippen LogP contribution in [-0.4, -0.2) is 11.6 Å². The van der Waals surface area contributed by atoms with Crippen molar-refractivity contribution in [3.05, 3.63) is 71.1 Å². The highest BCUT2D eigenvalue weighted by Gasteiger charge is 2.31. The van der Waals surface area contributed by atoms with Crippen LogP contribution in [-0.2, 0) is 15.8 Å². The zero-order chi connectivity index (χ0) is 21.2. The molecule has 3 rings (SSSR count). The van der Waals surface area contributed by atoms with Gasteiger partial charge in [-0.25, -0.2) is 4.98 Å². The minimum Gasteiger partial charge on any atom is -0.441 e. The lowest BCUT2D eigenvalue weighted by molar-refractivity contribution is -0.137. The van der Waals surface area contributed by atoms with E-state index in [1.807, 2.05) is 45.0 Å². The summed E-state index contributed by atoms with van der Waals surface area (Å²) in [6, 6.07) is 12.8. The highest BCUT2D eigenvalue weighted by molar-refractivity contribution is 7.94. The SMILES string of the molecule is Cc1ccc(SOCC(C)(C)c2nc(-c3ccc(C(F)(F)F)cc3)oc2C)cc1. The van der Waals surface area contributed by atoms with Gasteiger partial charge in [0.25, 0.3) is 0 Å². The average Bonchev–Trinajstić information content (AvgIpc) is 3.05. The fourth-order valence-corrected chi connectivity index (χ4v) is 3.59. The fourth-order valence-electron chi connectivity index (χ4n) is 2.86. The van der Waals surface area contributed by atoms with Crippen LogP contribution in [0.4, 0.5) is 13.2 Å². The lowest BCUT2D eigenvalue weighted by Gasteiger charge is -2.21. The van der Waals surface area contributed by atoms with Crippen LogP contribution in [0.3, 0.4) is 0 Å². The van der Waals surface area contributed by atoms with Crippen LogP contribution in [0.2, 0.25) is 0 Å². The molecule has 0 N–H and O–H groups in total. The molecule has 0 unspecified atom stereocenters. The molecule has 0 amide bonds. The van der Waals surface area contributed by atoms with E-state index >= 15 is 0 Å². The van der Waals surface area contributed by atoms with Gasteiger partial charge in [0.15, 0.2) is 0 Å². The van der Waals surface area contributed by atoms with Crippen LogP contribution in [0.1, 0.15) is 36.4 Å². The fraction of sp³-hybridized carbons (Fsp3) is 0.318. The van der Waals surface area contributed by atoms with Crippen molar-refractivity contribution in [2.24, 2.45) is 0 Å². The molecule has 3 aromatic rings. The molecular formula is C22H22F3NO2S. The molecule has 0 atom stereocenters. The Morgan fingerprint density at radius 2 is 1.59 bits per heavy atom. The zero-order valence-electron chi connectivity index (χ0n) is 16.6. The molecule has 0 fully saturated rings. The number of halogens is 3. The van der Waals surface area contributed by atoms with E-state index in [1.54, 1.807) is 6.92 Å². The van der Waals surface area contributed by atoms with Crippen molar-refractivity contribution >= 4 is 12.0 Å². The number of hydrogen-bond acceptors (Lipinski definition) is 4. The monoisotopic (exact) mass is 421 g/mol. The second-order valence-electron chi connectivity index (χ2n) is 7.54. The van der Waals surface area contributed by atoms with Crippen molar-refractivity contribution < 1.29 is 21.8 Å². The van der Waals surface area contributed by atoms with Crippen LogP contribution in [0.25, 0.3) is 11.5 Å². The van der Waals surface area contributed by atoms with E-state index in [9.17, 15) is 13.2 Å². The van der Waals surface area contributed by atoms with Gasteiger partial charge in [-0.3, -0.25) is 0 Å². The largest absolute Gasteiger partial charge is 0.441 e. The number of aryl methyl sites for hydroxylation is 2. The molecule has 0 radical (unpaired) electrons. The summed E-state index contributed by atoms with van der Waals surface area (Å²) in [5, 5.41) is 0. The molecule has 0 saturated heterocycles. The molecule has 3 nitrogen and oxygen atoms in total. The first kappa shape index (κ1) is 21.5. The maximum Gasteiger partial charge on any atom is 0.416 e. The average molecular weight is 421 g/mol. The summed E-state index contributed by atoms with van der Waals surface area (Å²) < 4.78 is 49.8. The van der Waals surface area contributed by atoms with Crippen LogP contribution in [0.5, 0.6) is 0 Å². The van der Waals surface area contributed by atoms with E-state index < -0.39 is 17.2 Å². The summed E-state index contributed by atoms with van der Waals surface area (Å²) in [7, 11) is 0. The minimum atomic E-state index is -4.37. The molecule has 1 heterocycles. The van der Waals surface area contributed by atoms with Gasteiger partial charge in [-0.2, -0.15) is 13.2 Å². The summed E-state index contributed by atoms with van der Waals surface area (Å²) in [5.74, 6) is 0.916. The highest BCUT2D eigenvalue weighted by atomic mass is 32.2. The van der Waals surface area contributed by atoms with Crippen LogP contribution in [0.15, 0.2) is 57.8 Å². The maximum atomic E-state index is 12.8. The Labute approximate surface area is 172 Å². The van der Waals surface area contributed by atoms with Gasteiger partial charge >= 0.3 is 6.18 Å². The van der Waals surface area contributed by atoms with Crippen LogP contribution >= 0.6 is 12.0 Å². The second kappa shape index (κ2) is 8.24. The van der Waals surface area contributed by atoms with Gasteiger partial charge in [-0.1, -0.05) is 31.5 Å². The van der Waals surface area contributed by atoms with Crippen molar-refractivity contribution in [1.29, 1.82) is 0 Å². The third-order valence-electron chi connectivity index (χ3n) is 4.49. The summed E-state index contributed by atoms with van der Waals surface area (Å²) in [6.07, 6.45) is -4.37. The van der Waals surface area contributed by atoms with Crippen LogP contribution in [0, 0.1) is 13.8 Å². The smallest absolute Gasteiger partial charge is 0.416 e. The molecular weight excluding hydrogens is 399 g/mol. The van der Waals surface area contributed by atoms with E-state index in [0.717, 1.165) is 22.7 Å². The van der Waals surface area contributed by atoms with Crippen molar-refractivity contribution in [3.8, 4) is 11.5 Å². The van der Waals surface area contributed by atoms with Gasteiger partial charge in [0.2, 0.25) is 5.89 Å². The number of aromatic nitrogens is 1. The van der Waals surface area contributed by atoms with Crippen molar-refractivity contribution in [2.45, 2.75) is 44.2 Å². The third-order valence-corrected chi connectivity index (χ3v) is 5.19. The Balaban J connectivity index is 1.71. The second-order valence-corrected chi connectivity index (χ2v) is 8.42. The first-order valence-corrected chi connectivity index (χ1v) is 9.82. The topological polar surface area (TPSA) is 35.3 Å². The summed E-state index contributed by atoms with van der Waals surface area (Å²) >= 11 is 1.30. The molecule has 2 aromatic carbocycles. The molecule has 0 bridgehead atoms. The molecule has 0 saturated carbocycles. The Bertz CT molecular complexity index is 961. The molecule has 0 aliphatic rings. The number of nitrogens with zero attached hydrogens (tertiary/aromatic N) is 1. The summed E-state index contributed by atoms with van der Waals surface area (Å²) in [4.78, 5) is 5.55. The number of oxazole rings is 1. The maximum absolute atomic E-state index is 12.8. The van der Waals surface area contributed by atoms with Gasteiger partial charge < -0.3 is 8.60 Å². The van der Waals surface area contributed by atoms with Gasteiger partial charge in [0.1, 0.15) is 5.76 Å². The number of hydrogen-bond donors (Lipinski definition) is 0. The lowest BCUT2D eigenvalue weighted by Crippen LogP contribution is -2.24. The molecule has 1 aromatic heterocycles. The highest BCUT2D eigenvalue weighted by Crippen LogP contribution is 2.34. The van der Waals surface area contributed by atoms with Crippen molar-refractivity contribution in [2.75, 3.05) is 6.61 Å². The quantitative estimate of drug-likeness (QED) is 0.402. The summed E-state index contributed by atoms with van der Waals surface area (Å²) in [5.41, 5.74) is 1.26. The Hall–Kier alpha value is -2.25. The predicted octanol–water partition coefficient (Wildman–Crippen LogP) is 6.98. The zero-order valence-corrected chi connectivity index (χ0v) is 17.4. The number of benzene rings is 2. The molecule has 0 aliphatic carbocycles. The standard InChI is InChI=1S/C22H22F3NO2S/c1-14-5-11-18(12-6-14)29-27-13-21(3,4)19-15(2)28-20(26-19)16-7-9-17(10-8-16)22(23,24)25/h5-12H,13H2,1-4H3. The van der Waals surface area contributed by atoms with E-state index in [1.165, 1.54) is 29.7 Å². The predicted molar refractivity (Wildman–Crippen MR) is 108 cm³/mol. The number of rotatable bonds is 6. The molecule has 7 heteroatoms.